The van der Waals surface area contributed by atoms with Crippen molar-refractivity contribution in [3.8, 4) is 22.3 Å². The molecular formula is C18H13F3N2O3S. The van der Waals surface area contributed by atoms with E-state index in [0.29, 0.717) is 17.8 Å². The van der Waals surface area contributed by atoms with Gasteiger partial charge in [-0.1, -0.05) is 18.3 Å². The number of aromatic nitrogens is 2. The third-order valence-corrected chi connectivity index (χ3v) is 4.72. The summed E-state index contributed by atoms with van der Waals surface area (Å²) in [5.41, 5.74) is 0.358. The topological polar surface area (TPSA) is 72.3 Å². The van der Waals surface area contributed by atoms with E-state index < -0.39 is 17.7 Å². The molecule has 0 radical (unpaired) electrons. The van der Waals surface area contributed by atoms with Gasteiger partial charge in [0.25, 0.3) is 5.19 Å². The molecule has 0 amide bonds. The first kappa shape index (κ1) is 18.8. The minimum absolute atomic E-state index is 0.0632. The van der Waals surface area contributed by atoms with E-state index in [0.717, 1.165) is 17.0 Å². The van der Waals surface area contributed by atoms with Crippen LogP contribution in [0.5, 0.6) is 10.9 Å². The second-order valence-electron chi connectivity index (χ2n) is 5.47. The quantitative estimate of drug-likeness (QED) is 0.638. The second kappa shape index (κ2) is 7.36. The van der Waals surface area contributed by atoms with Crippen LogP contribution in [0.25, 0.3) is 11.4 Å². The summed E-state index contributed by atoms with van der Waals surface area (Å²) in [5, 5.41) is 9.21. The van der Waals surface area contributed by atoms with Gasteiger partial charge in [-0.3, -0.25) is 4.98 Å². The van der Waals surface area contributed by atoms with E-state index >= 15 is 0 Å². The first-order chi connectivity index (χ1) is 12.8. The number of thiazole rings is 1. The van der Waals surface area contributed by atoms with Crippen LogP contribution in [-0.2, 0) is 12.6 Å². The number of aromatic carboxylic acids is 1. The van der Waals surface area contributed by atoms with Gasteiger partial charge < -0.3 is 9.84 Å². The summed E-state index contributed by atoms with van der Waals surface area (Å²) in [5.74, 6) is -0.838. The van der Waals surface area contributed by atoms with Gasteiger partial charge >= 0.3 is 12.1 Å². The number of nitrogens with zero attached hydrogens (tertiary/aromatic N) is 2. The maximum absolute atomic E-state index is 12.6. The van der Waals surface area contributed by atoms with Crippen LogP contribution in [-0.4, -0.2) is 21.0 Å². The van der Waals surface area contributed by atoms with Crippen LogP contribution in [0.4, 0.5) is 13.2 Å². The molecule has 0 spiro atoms. The van der Waals surface area contributed by atoms with Crippen LogP contribution in [0.3, 0.4) is 0 Å². The van der Waals surface area contributed by atoms with Crippen molar-refractivity contribution in [2.75, 3.05) is 0 Å². The van der Waals surface area contributed by atoms with Crippen LogP contribution in [0.1, 0.15) is 27.7 Å². The van der Waals surface area contributed by atoms with Gasteiger partial charge in [0.1, 0.15) is 11.4 Å². The number of benzene rings is 1. The van der Waals surface area contributed by atoms with E-state index in [1.54, 1.807) is 6.07 Å². The Morgan fingerprint density at radius 3 is 2.41 bits per heavy atom. The Kier molecular flexibility index (Phi) is 5.13. The monoisotopic (exact) mass is 394 g/mol. The molecule has 2 aromatic heterocycles. The minimum Gasteiger partial charge on any atom is -0.478 e. The number of halogens is 3. The normalized spacial score (nSPS) is 11.4. The van der Waals surface area contributed by atoms with Crippen LogP contribution in [0.15, 0.2) is 42.6 Å². The highest BCUT2D eigenvalue weighted by Gasteiger charge is 2.30. The summed E-state index contributed by atoms with van der Waals surface area (Å²) >= 11 is 1.26. The number of ether oxygens (including phenoxy) is 1. The molecule has 0 unspecified atom stereocenters. The van der Waals surface area contributed by atoms with Crippen molar-refractivity contribution in [3.05, 3.63) is 58.6 Å². The SMILES string of the molecule is CCc1sc(Oc2ccc(C(F)(F)F)cc2)nc1-c1ccc(C(=O)O)cn1. The minimum atomic E-state index is -4.41. The summed E-state index contributed by atoms with van der Waals surface area (Å²) in [6.45, 7) is 1.92. The lowest BCUT2D eigenvalue weighted by atomic mass is 10.2. The predicted molar refractivity (Wildman–Crippen MR) is 93.2 cm³/mol. The number of carboxylic acids is 1. The Morgan fingerprint density at radius 2 is 1.89 bits per heavy atom. The van der Waals surface area contributed by atoms with Crippen molar-refractivity contribution in [3.63, 3.8) is 0 Å². The molecule has 140 valence electrons. The van der Waals surface area contributed by atoms with Crippen molar-refractivity contribution in [2.45, 2.75) is 19.5 Å². The van der Waals surface area contributed by atoms with E-state index in [-0.39, 0.29) is 16.5 Å². The lowest BCUT2D eigenvalue weighted by Crippen LogP contribution is -2.03. The summed E-state index contributed by atoms with van der Waals surface area (Å²) in [4.78, 5) is 20.3. The molecule has 0 aliphatic heterocycles. The molecule has 5 nitrogen and oxygen atoms in total. The first-order valence-corrected chi connectivity index (χ1v) is 8.64. The van der Waals surface area contributed by atoms with Crippen molar-refractivity contribution in [1.82, 2.24) is 9.97 Å². The van der Waals surface area contributed by atoms with Crippen LogP contribution in [0, 0.1) is 0 Å². The van der Waals surface area contributed by atoms with Gasteiger partial charge in [0, 0.05) is 11.1 Å². The zero-order valence-corrected chi connectivity index (χ0v) is 14.8. The third-order valence-electron chi connectivity index (χ3n) is 3.64. The second-order valence-corrected chi connectivity index (χ2v) is 6.51. The van der Waals surface area contributed by atoms with E-state index in [1.807, 2.05) is 6.92 Å². The highest BCUT2D eigenvalue weighted by molar-refractivity contribution is 7.13. The maximum atomic E-state index is 12.6. The fourth-order valence-corrected chi connectivity index (χ4v) is 3.16. The molecule has 0 bridgehead atoms. The smallest absolute Gasteiger partial charge is 0.416 e. The largest absolute Gasteiger partial charge is 0.478 e. The highest BCUT2D eigenvalue weighted by atomic mass is 32.1. The summed E-state index contributed by atoms with van der Waals surface area (Å²) < 4.78 is 43.4. The molecule has 0 aliphatic rings. The Hall–Kier alpha value is -2.94. The maximum Gasteiger partial charge on any atom is 0.416 e. The van der Waals surface area contributed by atoms with Gasteiger partial charge in [-0.05, 0) is 42.8 Å². The van der Waals surface area contributed by atoms with Gasteiger partial charge in [-0.25, -0.2) is 9.78 Å². The Morgan fingerprint density at radius 1 is 1.19 bits per heavy atom. The van der Waals surface area contributed by atoms with E-state index in [4.69, 9.17) is 9.84 Å². The number of hydrogen-bond acceptors (Lipinski definition) is 5. The van der Waals surface area contributed by atoms with Gasteiger partial charge in [0.2, 0.25) is 0 Å². The van der Waals surface area contributed by atoms with E-state index in [1.165, 1.54) is 35.7 Å². The number of hydrogen-bond donors (Lipinski definition) is 1. The van der Waals surface area contributed by atoms with Gasteiger partial charge in [0.15, 0.2) is 0 Å². The van der Waals surface area contributed by atoms with Crippen molar-refractivity contribution >= 4 is 17.3 Å². The average Bonchev–Trinajstić information content (AvgIpc) is 3.04. The van der Waals surface area contributed by atoms with Crippen LogP contribution < -0.4 is 4.74 Å². The van der Waals surface area contributed by atoms with Crippen molar-refractivity contribution in [1.29, 1.82) is 0 Å². The van der Waals surface area contributed by atoms with Crippen LogP contribution >= 0.6 is 11.3 Å². The molecule has 1 N–H and O–H groups in total. The third kappa shape index (κ3) is 4.25. The molecule has 3 rings (SSSR count). The number of carboxylic acid groups (broad SMARTS) is 1. The lowest BCUT2D eigenvalue weighted by Gasteiger charge is -2.07. The van der Waals surface area contributed by atoms with Crippen LogP contribution in [0.2, 0.25) is 0 Å². The molecular weight excluding hydrogens is 381 g/mol. The standard InChI is InChI=1S/C18H13F3N2O3S/c1-2-14-15(13-8-3-10(9-22-13)16(24)25)23-17(27-14)26-12-6-4-11(5-7-12)18(19,20)21/h3-9H,2H2,1H3,(H,24,25). The zero-order valence-electron chi connectivity index (χ0n) is 13.9. The number of pyridine rings is 1. The van der Waals surface area contributed by atoms with Gasteiger partial charge in [0.05, 0.1) is 16.8 Å². The first-order valence-electron chi connectivity index (χ1n) is 7.82. The summed E-state index contributed by atoms with van der Waals surface area (Å²) in [6.07, 6.45) is -2.52. The molecule has 9 heteroatoms. The Bertz CT molecular complexity index is 951. The fourth-order valence-electron chi connectivity index (χ4n) is 2.29. The van der Waals surface area contributed by atoms with Crippen molar-refractivity contribution < 1.29 is 27.8 Å². The molecule has 0 aliphatic carbocycles. The number of rotatable bonds is 5. The number of alkyl halides is 3. The zero-order chi connectivity index (χ0) is 19.6. The Labute approximate surface area is 156 Å². The Balaban J connectivity index is 1.85. The predicted octanol–water partition coefficient (Wildman–Crippen LogP) is 5.28. The molecule has 0 saturated carbocycles. The molecule has 0 saturated heterocycles. The summed E-state index contributed by atoms with van der Waals surface area (Å²) in [6, 6.07) is 7.33. The molecule has 2 heterocycles. The van der Waals surface area contributed by atoms with E-state index in [9.17, 15) is 18.0 Å². The molecule has 0 atom stereocenters. The average molecular weight is 394 g/mol. The van der Waals surface area contributed by atoms with Crippen molar-refractivity contribution in [2.24, 2.45) is 0 Å². The molecule has 27 heavy (non-hydrogen) atoms. The molecule has 1 aromatic carbocycles. The molecule has 0 fully saturated rings. The summed E-state index contributed by atoms with van der Waals surface area (Å²) in [7, 11) is 0. The lowest BCUT2D eigenvalue weighted by molar-refractivity contribution is -0.137. The molecule has 3 aromatic rings. The number of aryl methyl sites for hydroxylation is 1. The number of carbonyl (C=O) groups is 1. The van der Waals surface area contributed by atoms with Gasteiger partial charge in [-0.2, -0.15) is 13.2 Å². The highest BCUT2D eigenvalue weighted by Crippen LogP contribution is 2.36. The fraction of sp³-hybridized carbons (Fsp3) is 0.167. The van der Waals surface area contributed by atoms with E-state index in [2.05, 4.69) is 9.97 Å². The van der Waals surface area contributed by atoms with Gasteiger partial charge in [-0.15, -0.1) is 0 Å².